The number of amides is 1. The van der Waals surface area contributed by atoms with Gasteiger partial charge in [-0.15, -0.1) is 0 Å². The molecule has 1 aromatic heterocycles. The predicted molar refractivity (Wildman–Crippen MR) is 74.6 cm³/mol. The normalized spacial score (nSPS) is 18.9. The fourth-order valence-electron chi connectivity index (χ4n) is 2.59. The smallest absolute Gasteiger partial charge is 0.408 e. The summed E-state index contributed by atoms with van der Waals surface area (Å²) in [4.78, 5) is 12.3. The zero-order valence-electron chi connectivity index (χ0n) is 12.4. The van der Waals surface area contributed by atoms with Gasteiger partial charge in [0.25, 0.3) is 10.0 Å². The van der Waals surface area contributed by atoms with Crippen LogP contribution in [0.3, 0.4) is 0 Å². The zero-order valence-corrected chi connectivity index (χ0v) is 13.2. The van der Waals surface area contributed by atoms with Crippen molar-refractivity contribution in [1.29, 1.82) is 0 Å². The Balaban J connectivity index is 2.74. The first-order valence-corrected chi connectivity index (χ1v) is 8.26. The quantitative estimate of drug-likeness (QED) is 0.822. The lowest BCUT2D eigenvalue weighted by atomic mass is 9.87. The van der Waals surface area contributed by atoms with Crippen LogP contribution < -0.4 is 0 Å². The number of carbonyl (C=O) groups is 1. The number of aliphatic hydroxyl groups excluding tert-OH is 1. The lowest BCUT2D eigenvalue weighted by Gasteiger charge is -2.24. The first kappa shape index (κ1) is 15.8. The van der Waals surface area contributed by atoms with E-state index in [-0.39, 0.29) is 6.54 Å². The van der Waals surface area contributed by atoms with E-state index < -0.39 is 34.2 Å². The number of aromatic nitrogens is 2. The molecule has 1 unspecified atom stereocenters. The molecule has 0 bridgehead atoms. The molecule has 0 fully saturated rings. The Labute approximate surface area is 123 Å². The van der Waals surface area contributed by atoms with Crippen molar-refractivity contribution in [2.75, 3.05) is 12.9 Å². The van der Waals surface area contributed by atoms with Gasteiger partial charge < -0.3 is 10.2 Å². The molecule has 2 heterocycles. The third-order valence-corrected chi connectivity index (χ3v) is 4.39. The van der Waals surface area contributed by atoms with E-state index in [1.807, 2.05) is 20.8 Å². The van der Waals surface area contributed by atoms with Crippen molar-refractivity contribution in [1.82, 2.24) is 14.1 Å². The van der Waals surface area contributed by atoms with Gasteiger partial charge in [-0.05, 0) is 0 Å². The minimum atomic E-state index is -3.64. The summed E-state index contributed by atoms with van der Waals surface area (Å²) in [6.45, 7) is 5.06. The summed E-state index contributed by atoms with van der Waals surface area (Å²) in [5.41, 5.74) is 0.828. The molecule has 1 aromatic rings. The number of hydrogen-bond acceptors (Lipinski definition) is 5. The van der Waals surface area contributed by atoms with Gasteiger partial charge in [-0.25, -0.2) is 13.2 Å². The van der Waals surface area contributed by atoms with Gasteiger partial charge >= 0.3 is 6.09 Å². The number of hydrogen-bond donors (Lipinski definition) is 2. The summed E-state index contributed by atoms with van der Waals surface area (Å²) in [6.07, 6.45) is -0.186. The van der Waals surface area contributed by atoms with Crippen LogP contribution in [0.15, 0.2) is 0 Å². The van der Waals surface area contributed by atoms with E-state index in [4.69, 9.17) is 0 Å². The minimum Gasteiger partial charge on any atom is -0.465 e. The van der Waals surface area contributed by atoms with Gasteiger partial charge in [-0.2, -0.15) is 9.19 Å². The van der Waals surface area contributed by atoms with Crippen molar-refractivity contribution in [3.8, 4) is 0 Å². The van der Waals surface area contributed by atoms with E-state index in [1.54, 1.807) is 0 Å². The van der Waals surface area contributed by atoms with Crippen molar-refractivity contribution < 1.29 is 23.4 Å². The second kappa shape index (κ2) is 4.70. The highest BCUT2D eigenvalue weighted by atomic mass is 32.2. The molecule has 0 aliphatic carbocycles. The van der Waals surface area contributed by atoms with Gasteiger partial charge in [0.15, 0.2) is 0 Å². The molecular formula is C12H19N3O5S. The Kier molecular flexibility index (Phi) is 3.53. The third-order valence-electron chi connectivity index (χ3n) is 3.46. The Morgan fingerprint density at radius 1 is 1.43 bits per heavy atom. The molecule has 8 nitrogen and oxygen atoms in total. The van der Waals surface area contributed by atoms with Gasteiger partial charge in [-0.1, -0.05) is 20.8 Å². The average Bonchev–Trinajstić information content (AvgIpc) is 2.81. The second-order valence-corrected chi connectivity index (χ2v) is 7.99. The van der Waals surface area contributed by atoms with Crippen molar-refractivity contribution in [2.45, 2.75) is 38.8 Å². The van der Waals surface area contributed by atoms with Crippen LogP contribution in [0.5, 0.6) is 0 Å². The molecule has 0 saturated heterocycles. The molecule has 2 rings (SSSR count). The van der Waals surface area contributed by atoms with Crippen LogP contribution in [0.25, 0.3) is 0 Å². The molecular weight excluding hydrogens is 298 g/mol. The third kappa shape index (κ3) is 2.51. The van der Waals surface area contributed by atoms with Crippen LogP contribution in [-0.2, 0) is 22.0 Å². The van der Waals surface area contributed by atoms with Gasteiger partial charge in [0.05, 0.1) is 36.8 Å². The van der Waals surface area contributed by atoms with Crippen LogP contribution >= 0.6 is 0 Å². The van der Waals surface area contributed by atoms with Gasteiger partial charge in [-0.3, -0.25) is 4.90 Å². The van der Waals surface area contributed by atoms with E-state index >= 15 is 0 Å². The summed E-state index contributed by atoms with van der Waals surface area (Å²) in [5.74, 6) is 0. The molecule has 1 aliphatic heterocycles. The molecule has 1 amide bonds. The number of rotatable bonds is 2. The van der Waals surface area contributed by atoms with Crippen LogP contribution in [0.2, 0.25) is 0 Å². The highest BCUT2D eigenvalue weighted by molar-refractivity contribution is 7.89. The zero-order chi connectivity index (χ0) is 16.2. The second-order valence-electron chi connectivity index (χ2n) is 6.17. The van der Waals surface area contributed by atoms with Crippen LogP contribution in [0.4, 0.5) is 4.79 Å². The number of fused-ring (bicyclic) bond motifs is 1. The molecule has 1 atom stereocenters. The van der Waals surface area contributed by atoms with Gasteiger partial charge in [0.2, 0.25) is 0 Å². The molecule has 118 valence electrons. The van der Waals surface area contributed by atoms with Gasteiger partial charge in [0.1, 0.15) is 0 Å². The molecule has 1 aliphatic rings. The summed E-state index contributed by atoms with van der Waals surface area (Å²) < 4.78 is 24.6. The molecule has 0 saturated carbocycles. The molecule has 0 aromatic carbocycles. The summed E-state index contributed by atoms with van der Waals surface area (Å²) >= 11 is 0. The van der Waals surface area contributed by atoms with Crippen molar-refractivity contribution in [2.24, 2.45) is 0 Å². The van der Waals surface area contributed by atoms with Crippen LogP contribution in [-0.4, -0.2) is 51.7 Å². The Morgan fingerprint density at radius 3 is 2.38 bits per heavy atom. The van der Waals surface area contributed by atoms with E-state index in [0.29, 0.717) is 17.0 Å². The van der Waals surface area contributed by atoms with E-state index in [2.05, 4.69) is 5.10 Å². The summed E-state index contributed by atoms with van der Waals surface area (Å²) in [5, 5.41) is 22.9. The lowest BCUT2D eigenvalue weighted by Crippen LogP contribution is -2.32. The molecule has 2 N–H and O–H groups in total. The van der Waals surface area contributed by atoms with E-state index in [0.717, 1.165) is 15.2 Å². The van der Waals surface area contributed by atoms with Gasteiger partial charge in [0, 0.05) is 11.0 Å². The van der Waals surface area contributed by atoms with E-state index in [1.165, 1.54) is 0 Å². The van der Waals surface area contributed by atoms with Crippen LogP contribution in [0.1, 0.15) is 43.8 Å². The maximum absolute atomic E-state index is 11.9. The summed E-state index contributed by atoms with van der Waals surface area (Å²) in [7, 11) is -3.64. The molecule has 0 spiro atoms. The number of carboxylic acid groups (broad SMARTS) is 1. The largest absolute Gasteiger partial charge is 0.465 e. The predicted octanol–water partition coefficient (Wildman–Crippen LogP) is 0.515. The highest BCUT2D eigenvalue weighted by Gasteiger charge is 2.42. The summed E-state index contributed by atoms with van der Waals surface area (Å²) in [6, 6.07) is -0.790. The topological polar surface area (TPSA) is 113 Å². The fourth-order valence-corrected chi connectivity index (χ4v) is 3.37. The first-order chi connectivity index (χ1) is 9.48. The standard InChI is InChI=1S/C12H19N3O5S/c1-12(2,3)10-9-7(15(13-10)21(4,19)20)5-14(11(17)18)8(9)6-16/h8,16H,5-6H2,1-4H3,(H,17,18). The monoisotopic (exact) mass is 317 g/mol. The first-order valence-electron chi connectivity index (χ1n) is 6.41. The Bertz CT molecular complexity index is 686. The SMILES string of the molecule is CC(C)(C)c1nn(S(C)(=O)=O)c2c1C(CO)N(C(=O)O)C2. The Hall–Kier alpha value is -1.61. The lowest BCUT2D eigenvalue weighted by molar-refractivity contribution is 0.103. The molecule has 9 heteroatoms. The number of nitrogens with zero attached hydrogens (tertiary/aromatic N) is 3. The highest BCUT2D eigenvalue weighted by Crippen LogP contribution is 2.40. The van der Waals surface area contributed by atoms with Crippen molar-refractivity contribution in [3.05, 3.63) is 17.0 Å². The maximum atomic E-state index is 11.9. The number of aliphatic hydroxyl groups is 1. The minimum absolute atomic E-state index is 0.105. The van der Waals surface area contributed by atoms with Crippen molar-refractivity contribution in [3.63, 3.8) is 0 Å². The average molecular weight is 317 g/mol. The maximum Gasteiger partial charge on any atom is 0.408 e. The molecule has 21 heavy (non-hydrogen) atoms. The van der Waals surface area contributed by atoms with Crippen LogP contribution in [0, 0.1) is 0 Å². The van der Waals surface area contributed by atoms with E-state index in [9.17, 15) is 23.4 Å². The van der Waals surface area contributed by atoms with Crippen molar-refractivity contribution >= 4 is 16.1 Å². The Morgan fingerprint density at radius 2 is 2.00 bits per heavy atom. The fraction of sp³-hybridized carbons (Fsp3) is 0.667. The molecule has 0 radical (unpaired) electrons.